The number of aliphatic hydroxyl groups is 1. The number of hydrogen-bond acceptors (Lipinski definition) is 3. The van der Waals surface area contributed by atoms with Crippen LogP contribution in [0.4, 0.5) is 0 Å². The van der Waals surface area contributed by atoms with E-state index in [0.29, 0.717) is 0 Å². The zero-order valence-electron chi connectivity index (χ0n) is 10.6. The van der Waals surface area contributed by atoms with Gasteiger partial charge in [-0.1, -0.05) is 23.8 Å². The van der Waals surface area contributed by atoms with E-state index in [1.54, 1.807) is 25.2 Å². The van der Waals surface area contributed by atoms with Gasteiger partial charge in [-0.3, -0.25) is 0 Å². The van der Waals surface area contributed by atoms with Crippen LogP contribution in [0.2, 0.25) is 0 Å². The minimum Gasteiger partial charge on any atom is -0.384 e. The van der Waals surface area contributed by atoms with Gasteiger partial charge in [0.15, 0.2) is 0 Å². The average molecular weight is 247 g/mol. The van der Waals surface area contributed by atoms with Crippen LogP contribution in [0.1, 0.15) is 30.7 Å². The molecule has 1 aromatic heterocycles. The van der Waals surface area contributed by atoms with Gasteiger partial charge in [0.1, 0.15) is 10.6 Å². The van der Waals surface area contributed by atoms with Crippen LogP contribution in [-0.4, -0.2) is 10.1 Å². The molecule has 0 saturated heterocycles. The van der Waals surface area contributed by atoms with E-state index in [4.69, 9.17) is 0 Å². The molecule has 1 N–H and O–H groups in total. The Balaban J connectivity index is 2.44. The van der Waals surface area contributed by atoms with Crippen molar-refractivity contribution >= 4 is 11.3 Å². The summed E-state index contributed by atoms with van der Waals surface area (Å²) in [4.78, 5) is 4.51. The zero-order chi connectivity index (χ0) is 12.6. The molecule has 3 heteroatoms. The van der Waals surface area contributed by atoms with Crippen molar-refractivity contribution in [3.63, 3.8) is 0 Å². The topological polar surface area (TPSA) is 33.1 Å². The van der Waals surface area contributed by atoms with E-state index >= 15 is 0 Å². The molecule has 2 nitrogen and oxygen atoms in total. The van der Waals surface area contributed by atoms with Crippen LogP contribution in [0.15, 0.2) is 23.6 Å². The van der Waals surface area contributed by atoms with E-state index in [1.807, 2.05) is 5.38 Å². The Morgan fingerprint density at radius 2 is 1.94 bits per heavy atom. The highest BCUT2D eigenvalue weighted by Crippen LogP contribution is 2.30. The van der Waals surface area contributed by atoms with Gasteiger partial charge in [0.2, 0.25) is 0 Å². The lowest BCUT2D eigenvalue weighted by atomic mass is 10.1. The molecule has 2 rings (SSSR count). The van der Waals surface area contributed by atoms with Gasteiger partial charge in [-0.05, 0) is 33.3 Å². The van der Waals surface area contributed by atoms with Crippen LogP contribution in [0.25, 0.3) is 10.6 Å². The van der Waals surface area contributed by atoms with Crippen molar-refractivity contribution in [2.75, 3.05) is 0 Å². The van der Waals surface area contributed by atoms with Crippen molar-refractivity contribution in [1.29, 1.82) is 0 Å². The number of nitrogens with zero attached hydrogens (tertiary/aromatic N) is 1. The lowest BCUT2D eigenvalue weighted by Crippen LogP contribution is -2.15. The van der Waals surface area contributed by atoms with Crippen molar-refractivity contribution in [1.82, 2.24) is 4.98 Å². The van der Waals surface area contributed by atoms with Crippen LogP contribution in [0, 0.1) is 13.8 Å². The molecule has 1 heterocycles. The second-order valence-electron chi connectivity index (χ2n) is 4.92. The van der Waals surface area contributed by atoms with Crippen molar-refractivity contribution in [3.05, 3.63) is 40.4 Å². The van der Waals surface area contributed by atoms with Gasteiger partial charge >= 0.3 is 0 Å². The highest BCUT2D eigenvalue weighted by Gasteiger charge is 2.20. The summed E-state index contributed by atoms with van der Waals surface area (Å²) in [6, 6.07) is 6.34. The first-order chi connectivity index (χ1) is 7.88. The summed E-state index contributed by atoms with van der Waals surface area (Å²) in [5.74, 6) is 0. The van der Waals surface area contributed by atoms with Gasteiger partial charge in [-0.2, -0.15) is 0 Å². The smallest absolute Gasteiger partial charge is 0.124 e. The van der Waals surface area contributed by atoms with Crippen molar-refractivity contribution < 1.29 is 5.11 Å². The van der Waals surface area contributed by atoms with E-state index in [-0.39, 0.29) is 0 Å². The maximum absolute atomic E-state index is 9.91. The van der Waals surface area contributed by atoms with E-state index in [0.717, 1.165) is 16.3 Å². The summed E-state index contributed by atoms with van der Waals surface area (Å²) >= 11 is 1.58. The highest BCUT2D eigenvalue weighted by atomic mass is 32.1. The first-order valence-electron chi connectivity index (χ1n) is 5.64. The second-order valence-corrected chi connectivity index (χ2v) is 5.77. The fourth-order valence-electron chi connectivity index (χ4n) is 1.73. The van der Waals surface area contributed by atoms with Gasteiger partial charge in [0, 0.05) is 10.9 Å². The zero-order valence-corrected chi connectivity index (χ0v) is 11.4. The van der Waals surface area contributed by atoms with Gasteiger partial charge in [-0.25, -0.2) is 4.98 Å². The van der Waals surface area contributed by atoms with Gasteiger partial charge in [0.25, 0.3) is 0 Å². The highest BCUT2D eigenvalue weighted by molar-refractivity contribution is 7.13. The summed E-state index contributed by atoms with van der Waals surface area (Å²) in [6.07, 6.45) is 0. The summed E-state index contributed by atoms with van der Waals surface area (Å²) in [5, 5.41) is 12.8. The molecule has 0 aliphatic carbocycles. The second kappa shape index (κ2) is 4.24. The summed E-state index contributed by atoms with van der Waals surface area (Å²) < 4.78 is 0. The first-order valence-corrected chi connectivity index (χ1v) is 6.52. The Morgan fingerprint density at radius 3 is 2.47 bits per heavy atom. The Labute approximate surface area is 106 Å². The maximum atomic E-state index is 9.91. The molecule has 17 heavy (non-hydrogen) atoms. The summed E-state index contributed by atoms with van der Waals surface area (Å²) in [7, 11) is 0. The van der Waals surface area contributed by atoms with Crippen LogP contribution < -0.4 is 0 Å². The van der Waals surface area contributed by atoms with E-state index in [9.17, 15) is 5.11 Å². The lowest BCUT2D eigenvalue weighted by molar-refractivity contribution is 0.0746. The normalized spacial score (nSPS) is 11.8. The molecule has 0 amide bonds. The minimum absolute atomic E-state index is 0.734. The average Bonchev–Trinajstić information content (AvgIpc) is 2.65. The minimum atomic E-state index is -0.868. The van der Waals surface area contributed by atoms with Gasteiger partial charge < -0.3 is 5.11 Å². The molecule has 0 saturated carbocycles. The Bertz CT molecular complexity index is 537. The van der Waals surface area contributed by atoms with E-state index in [2.05, 4.69) is 37.0 Å². The van der Waals surface area contributed by atoms with Gasteiger partial charge in [-0.15, -0.1) is 11.3 Å². The maximum Gasteiger partial charge on any atom is 0.124 e. The molecule has 0 atom stereocenters. The molecule has 2 aromatic rings. The molecule has 90 valence electrons. The quantitative estimate of drug-likeness (QED) is 0.878. The third-order valence-electron chi connectivity index (χ3n) is 2.74. The van der Waals surface area contributed by atoms with E-state index < -0.39 is 5.60 Å². The summed E-state index contributed by atoms with van der Waals surface area (Å²) in [6.45, 7) is 7.69. The predicted octanol–water partition coefficient (Wildman–Crippen LogP) is 3.65. The number of benzene rings is 1. The predicted molar refractivity (Wildman–Crippen MR) is 72.3 cm³/mol. The Kier molecular flexibility index (Phi) is 3.06. The monoisotopic (exact) mass is 247 g/mol. The fourth-order valence-corrected chi connectivity index (χ4v) is 2.80. The molecular weight excluding hydrogens is 230 g/mol. The van der Waals surface area contributed by atoms with Crippen LogP contribution in [-0.2, 0) is 5.60 Å². The van der Waals surface area contributed by atoms with Crippen molar-refractivity contribution in [2.45, 2.75) is 33.3 Å². The molecule has 0 fully saturated rings. The Hall–Kier alpha value is -1.19. The standard InChI is InChI=1S/C14H17NOS/c1-9-5-6-11(10(2)7-9)13-15-12(8-17-13)14(3,4)16/h5-8,16H,1-4H3. The van der Waals surface area contributed by atoms with Gasteiger partial charge in [0.05, 0.1) is 5.69 Å². The lowest BCUT2D eigenvalue weighted by Gasteiger charge is -2.13. The molecular formula is C14H17NOS. The number of aryl methyl sites for hydroxylation is 2. The molecule has 0 spiro atoms. The molecule has 1 aromatic carbocycles. The van der Waals surface area contributed by atoms with Crippen molar-refractivity contribution in [3.8, 4) is 10.6 Å². The molecule has 0 radical (unpaired) electrons. The molecule has 0 aliphatic rings. The molecule has 0 bridgehead atoms. The largest absolute Gasteiger partial charge is 0.384 e. The number of hydrogen-bond donors (Lipinski definition) is 1. The Morgan fingerprint density at radius 1 is 1.24 bits per heavy atom. The van der Waals surface area contributed by atoms with Crippen molar-refractivity contribution in [2.24, 2.45) is 0 Å². The van der Waals surface area contributed by atoms with Crippen LogP contribution in [0.3, 0.4) is 0 Å². The third kappa shape index (κ3) is 2.56. The fraction of sp³-hybridized carbons (Fsp3) is 0.357. The van der Waals surface area contributed by atoms with E-state index in [1.165, 1.54) is 11.1 Å². The molecule has 0 aliphatic heterocycles. The SMILES string of the molecule is Cc1ccc(-c2nc(C(C)(C)O)cs2)c(C)c1. The third-order valence-corrected chi connectivity index (χ3v) is 3.62. The first kappa shape index (κ1) is 12.3. The number of rotatable bonds is 2. The van der Waals surface area contributed by atoms with Crippen LogP contribution >= 0.6 is 11.3 Å². The van der Waals surface area contributed by atoms with Crippen LogP contribution in [0.5, 0.6) is 0 Å². The summed E-state index contributed by atoms with van der Waals surface area (Å²) in [5.41, 5.74) is 3.49. The number of aromatic nitrogens is 1. The number of thiazole rings is 1. The molecule has 0 unspecified atom stereocenters.